The van der Waals surface area contributed by atoms with E-state index < -0.39 is 23.3 Å². The molecule has 0 saturated carbocycles. The minimum atomic E-state index is -1.15. The molecule has 0 radical (unpaired) electrons. The molecule has 1 aliphatic heterocycles. The van der Waals surface area contributed by atoms with E-state index in [1.165, 1.54) is 0 Å². The first-order valence-electron chi connectivity index (χ1n) is 6.62. The number of carbonyl (C=O) groups is 3. The largest absolute Gasteiger partial charge is 0.331 e. The first kappa shape index (κ1) is 14.2. The molecule has 0 bridgehead atoms. The van der Waals surface area contributed by atoms with Crippen molar-refractivity contribution in [2.75, 3.05) is 0 Å². The molecule has 1 aromatic rings. The van der Waals surface area contributed by atoms with Crippen LogP contribution in [0.1, 0.15) is 32.4 Å². The molecule has 20 heavy (non-hydrogen) atoms. The number of hydrogen-bond acceptors (Lipinski definition) is 4. The molecule has 4 amide bonds. The Labute approximate surface area is 117 Å². The zero-order chi connectivity index (χ0) is 14.8. The van der Waals surface area contributed by atoms with Gasteiger partial charge in [0.2, 0.25) is 11.8 Å². The van der Waals surface area contributed by atoms with Gasteiger partial charge in [-0.3, -0.25) is 24.8 Å². The Hall–Kier alpha value is -2.24. The summed E-state index contributed by atoms with van der Waals surface area (Å²) in [5.41, 5.74) is -0.547. The first-order chi connectivity index (χ1) is 9.55. The van der Waals surface area contributed by atoms with Crippen LogP contribution in [0.3, 0.4) is 0 Å². The van der Waals surface area contributed by atoms with Crippen LogP contribution >= 0.6 is 0 Å². The molecule has 1 N–H and O–H groups in total. The van der Waals surface area contributed by atoms with E-state index >= 15 is 0 Å². The summed E-state index contributed by atoms with van der Waals surface area (Å²) < 4.78 is 0. The standard InChI is InChI=1S/C14H17N3O3/c1-3-14(4-2)11(18)16-13(20)17(12(14)19)9-10-7-5-6-8-15-10/h5-8H,3-4,9H2,1-2H3,(H,16,18,20). The summed E-state index contributed by atoms with van der Waals surface area (Å²) >= 11 is 0. The lowest BCUT2D eigenvalue weighted by Crippen LogP contribution is -2.63. The minimum absolute atomic E-state index is 0.0700. The summed E-state index contributed by atoms with van der Waals surface area (Å²) in [4.78, 5) is 41.6. The second-order valence-electron chi connectivity index (χ2n) is 4.76. The predicted octanol–water partition coefficient (Wildman–Crippen LogP) is 1.47. The fourth-order valence-electron chi connectivity index (χ4n) is 2.40. The van der Waals surface area contributed by atoms with Crippen LogP contribution in [-0.4, -0.2) is 27.7 Å². The van der Waals surface area contributed by atoms with Gasteiger partial charge in [0.1, 0.15) is 5.41 Å². The zero-order valence-corrected chi connectivity index (χ0v) is 11.5. The number of hydrogen-bond donors (Lipinski definition) is 1. The summed E-state index contributed by atoms with van der Waals surface area (Å²) in [5.74, 6) is -0.948. The van der Waals surface area contributed by atoms with E-state index in [1.807, 2.05) is 0 Å². The van der Waals surface area contributed by atoms with Gasteiger partial charge in [-0.1, -0.05) is 19.9 Å². The van der Waals surface area contributed by atoms with Gasteiger partial charge in [-0.2, -0.15) is 0 Å². The highest BCUT2D eigenvalue weighted by Gasteiger charge is 2.51. The summed E-state index contributed by atoms with van der Waals surface area (Å²) in [6.45, 7) is 3.62. The van der Waals surface area contributed by atoms with E-state index in [1.54, 1.807) is 38.2 Å². The molecule has 0 spiro atoms. The Balaban J connectivity index is 2.31. The number of nitrogens with zero attached hydrogens (tertiary/aromatic N) is 2. The van der Waals surface area contributed by atoms with Crippen LogP contribution in [0.25, 0.3) is 0 Å². The van der Waals surface area contributed by atoms with Crippen LogP contribution < -0.4 is 5.32 Å². The molecule has 6 heteroatoms. The van der Waals surface area contributed by atoms with E-state index in [9.17, 15) is 14.4 Å². The third-order valence-electron chi connectivity index (χ3n) is 3.81. The van der Waals surface area contributed by atoms with Crippen LogP contribution in [0.4, 0.5) is 4.79 Å². The lowest BCUT2D eigenvalue weighted by atomic mass is 9.78. The van der Waals surface area contributed by atoms with Gasteiger partial charge >= 0.3 is 6.03 Å². The van der Waals surface area contributed by atoms with Crippen molar-refractivity contribution in [3.8, 4) is 0 Å². The van der Waals surface area contributed by atoms with Crippen molar-refractivity contribution in [2.45, 2.75) is 33.2 Å². The van der Waals surface area contributed by atoms with Crippen LogP contribution in [0, 0.1) is 5.41 Å². The molecule has 0 aliphatic carbocycles. The van der Waals surface area contributed by atoms with Gasteiger partial charge in [-0.15, -0.1) is 0 Å². The summed E-state index contributed by atoms with van der Waals surface area (Å²) in [7, 11) is 0. The van der Waals surface area contributed by atoms with Crippen LogP contribution in [0.15, 0.2) is 24.4 Å². The molecule has 0 aromatic carbocycles. The molecule has 1 aromatic heterocycles. The summed E-state index contributed by atoms with van der Waals surface area (Å²) in [6, 6.07) is 4.60. The number of imide groups is 2. The molecule has 2 heterocycles. The number of barbiturate groups is 1. The number of pyridine rings is 1. The molecular weight excluding hydrogens is 258 g/mol. The van der Waals surface area contributed by atoms with Crippen molar-refractivity contribution in [1.29, 1.82) is 0 Å². The van der Waals surface area contributed by atoms with Crippen molar-refractivity contribution in [3.63, 3.8) is 0 Å². The predicted molar refractivity (Wildman–Crippen MR) is 71.3 cm³/mol. The monoisotopic (exact) mass is 275 g/mol. The SMILES string of the molecule is CCC1(CC)C(=O)NC(=O)N(Cc2ccccn2)C1=O. The Morgan fingerprint density at radius 2 is 1.90 bits per heavy atom. The maximum absolute atomic E-state index is 12.6. The topological polar surface area (TPSA) is 79.4 Å². The normalized spacial score (nSPS) is 18.1. The second kappa shape index (κ2) is 5.40. The van der Waals surface area contributed by atoms with Gasteiger partial charge in [0, 0.05) is 6.20 Å². The van der Waals surface area contributed by atoms with E-state index in [-0.39, 0.29) is 6.54 Å². The molecule has 106 valence electrons. The van der Waals surface area contributed by atoms with Crippen LogP contribution in [0.2, 0.25) is 0 Å². The Morgan fingerprint density at radius 1 is 1.20 bits per heavy atom. The molecular formula is C14H17N3O3. The number of aromatic nitrogens is 1. The molecule has 6 nitrogen and oxygen atoms in total. The second-order valence-corrected chi connectivity index (χ2v) is 4.76. The van der Waals surface area contributed by atoms with Crippen LogP contribution in [0.5, 0.6) is 0 Å². The third-order valence-corrected chi connectivity index (χ3v) is 3.81. The minimum Gasteiger partial charge on any atom is -0.277 e. The van der Waals surface area contributed by atoms with Gasteiger partial charge < -0.3 is 0 Å². The highest BCUT2D eigenvalue weighted by molar-refractivity contribution is 6.19. The van der Waals surface area contributed by atoms with Gasteiger partial charge in [-0.25, -0.2) is 4.79 Å². The smallest absolute Gasteiger partial charge is 0.277 e. The molecule has 1 saturated heterocycles. The van der Waals surface area contributed by atoms with Crippen molar-refractivity contribution in [3.05, 3.63) is 30.1 Å². The summed E-state index contributed by atoms with van der Waals surface area (Å²) in [6.07, 6.45) is 2.32. The number of rotatable bonds is 4. The van der Waals surface area contributed by atoms with Gasteiger partial charge in [-0.05, 0) is 25.0 Å². The van der Waals surface area contributed by atoms with E-state index in [0.29, 0.717) is 18.5 Å². The van der Waals surface area contributed by atoms with Crippen LogP contribution in [-0.2, 0) is 16.1 Å². The molecule has 2 rings (SSSR count). The maximum Gasteiger partial charge on any atom is 0.331 e. The molecule has 0 unspecified atom stereocenters. The lowest BCUT2D eigenvalue weighted by molar-refractivity contribution is -0.152. The number of amides is 4. The highest BCUT2D eigenvalue weighted by atomic mass is 16.2. The number of nitrogens with one attached hydrogen (secondary N) is 1. The average molecular weight is 275 g/mol. The average Bonchev–Trinajstić information content (AvgIpc) is 2.46. The van der Waals surface area contributed by atoms with Crippen molar-refractivity contribution in [1.82, 2.24) is 15.2 Å². The number of carbonyl (C=O) groups excluding carboxylic acids is 3. The molecule has 1 aliphatic rings. The third kappa shape index (κ3) is 2.17. The number of urea groups is 1. The Kier molecular flexibility index (Phi) is 3.83. The van der Waals surface area contributed by atoms with E-state index in [0.717, 1.165) is 4.90 Å². The highest BCUT2D eigenvalue weighted by Crippen LogP contribution is 2.32. The quantitative estimate of drug-likeness (QED) is 0.844. The first-order valence-corrected chi connectivity index (χ1v) is 6.62. The van der Waals surface area contributed by atoms with Gasteiger partial charge in [0.05, 0.1) is 12.2 Å². The van der Waals surface area contributed by atoms with Gasteiger partial charge in [0.15, 0.2) is 0 Å². The lowest BCUT2D eigenvalue weighted by Gasteiger charge is -2.38. The maximum atomic E-state index is 12.6. The fourth-order valence-corrected chi connectivity index (χ4v) is 2.40. The van der Waals surface area contributed by atoms with Gasteiger partial charge in [0.25, 0.3) is 0 Å². The Bertz CT molecular complexity index is 538. The van der Waals surface area contributed by atoms with Crippen molar-refractivity contribution < 1.29 is 14.4 Å². The van der Waals surface area contributed by atoms with Crippen molar-refractivity contribution in [2.24, 2.45) is 5.41 Å². The molecule has 1 fully saturated rings. The fraction of sp³-hybridized carbons (Fsp3) is 0.429. The van der Waals surface area contributed by atoms with Crippen molar-refractivity contribution >= 4 is 17.8 Å². The van der Waals surface area contributed by atoms with E-state index in [4.69, 9.17) is 0 Å². The molecule has 0 atom stereocenters. The Morgan fingerprint density at radius 3 is 2.45 bits per heavy atom. The summed E-state index contributed by atoms with van der Waals surface area (Å²) in [5, 5.41) is 2.27. The van der Waals surface area contributed by atoms with E-state index in [2.05, 4.69) is 10.3 Å². The zero-order valence-electron chi connectivity index (χ0n) is 11.5.